The number of hydrogen-bond acceptors (Lipinski definition) is 4. The van der Waals surface area contributed by atoms with E-state index >= 15 is 0 Å². The summed E-state index contributed by atoms with van der Waals surface area (Å²) in [6, 6.07) is 4.57. The van der Waals surface area contributed by atoms with Crippen LogP contribution in [0.15, 0.2) is 24.5 Å². The van der Waals surface area contributed by atoms with Crippen molar-refractivity contribution in [3.63, 3.8) is 0 Å². The third-order valence-corrected chi connectivity index (χ3v) is 3.15. The zero-order valence-electron chi connectivity index (χ0n) is 11.3. The number of rotatable bonds is 5. The largest absolute Gasteiger partial charge is 0.480 e. The molecule has 6 heteroatoms. The molecular formula is C14H16ClN3O2. The Morgan fingerprint density at radius 1 is 1.40 bits per heavy atom. The number of nitrogens with zero attached hydrogens (tertiary/aromatic N) is 2. The van der Waals surface area contributed by atoms with Gasteiger partial charge in [0.2, 0.25) is 0 Å². The molecule has 20 heavy (non-hydrogen) atoms. The topological polar surface area (TPSA) is 75.1 Å². The van der Waals surface area contributed by atoms with Gasteiger partial charge in [0.1, 0.15) is 18.2 Å². The van der Waals surface area contributed by atoms with Gasteiger partial charge in [0.15, 0.2) is 0 Å². The number of aliphatic carboxylic acids is 1. The minimum Gasteiger partial charge on any atom is -0.480 e. The minimum absolute atomic E-state index is 0.270. The van der Waals surface area contributed by atoms with E-state index in [4.69, 9.17) is 11.6 Å². The summed E-state index contributed by atoms with van der Waals surface area (Å²) >= 11 is 5.92. The van der Waals surface area contributed by atoms with Crippen molar-refractivity contribution < 1.29 is 9.90 Å². The lowest BCUT2D eigenvalue weighted by Crippen LogP contribution is -2.31. The van der Waals surface area contributed by atoms with Gasteiger partial charge in [-0.15, -0.1) is 0 Å². The molecule has 1 aromatic heterocycles. The molecule has 0 aliphatic heterocycles. The van der Waals surface area contributed by atoms with Crippen LogP contribution in [-0.2, 0) is 4.79 Å². The molecule has 106 valence electrons. The van der Waals surface area contributed by atoms with Gasteiger partial charge < -0.3 is 10.4 Å². The van der Waals surface area contributed by atoms with Crippen LogP contribution in [0.2, 0.25) is 5.02 Å². The summed E-state index contributed by atoms with van der Waals surface area (Å²) in [7, 11) is 0. The highest BCUT2D eigenvalue weighted by molar-refractivity contribution is 6.31. The Morgan fingerprint density at radius 2 is 2.15 bits per heavy atom. The first-order chi connectivity index (χ1) is 9.47. The Labute approximate surface area is 122 Å². The van der Waals surface area contributed by atoms with Gasteiger partial charge in [0.25, 0.3) is 0 Å². The lowest BCUT2D eigenvalue weighted by atomic mass is 10.0. The van der Waals surface area contributed by atoms with Gasteiger partial charge in [0.05, 0.1) is 5.52 Å². The van der Waals surface area contributed by atoms with E-state index in [1.54, 1.807) is 18.2 Å². The first kappa shape index (κ1) is 14.5. The highest BCUT2D eigenvalue weighted by Crippen LogP contribution is 2.23. The van der Waals surface area contributed by atoms with E-state index in [-0.39, 0.29) is 5.92 Å². The predicted molar refractivity (Wildman–Crippen MR) is 79.0 cm³/mol. The van der Waals surface area contributed by atoms with Crippen LogP contribution in [0, 0.1) is 5.92 Å². The second-order valence-electron chi connectivity index (χ2n) is 5.05. The normalized spacial score (nSPS) is 12.6. The molecule has 1 heterocycles. The lowest BCUT2D eigenvalue weighted by molar-refractivity contribution is -0.138. The van der Waals surface area contributed by atoms with Gasteiger partial charge in [-0.25, -0.2) is 14.8 Å². The third-order valence-electron chi connectivity index (χ3n) is 2.91. The van der Waals surface area contributed by atoms with Gasteiger partial charge >= 0.3 is 5.97 Å². The summed E-state index contributed by atoms with van der Waals surface area (Å²) in [6.07, 6.45) is 1.92. The van der Waals surface area contributed by atoms with Crippen molar-refractivity contribution in [2.24, 2.45) is 5.92 Å². The molecule has 2 rings (SSSR count). The fourth-order valence-electron chi connectivity index (χ4n) is 2.00. The molecule has 5 nitrogen and oxygen atoms in total. The number of aromatic nitrogens is 2. The van der Waals surface area contributed by atoms with Crippen LogP contribution >= 0.6 is 11.6 Å². The van der Waals surface area contributed by atoms with Crippen molar-refractivity contribution in [1.29, 1.82) is 0 Å². The highest BCUT2D eigenvalue weighted by atomic mass is 35.5. The zero-order valence-corrected chi connectivity index (χ0v) is 12.1. The molecule has 0 radical (unpaired) electrons. The van der Waals surface area contributed by atoms with E-state index in [9.17, 15) is 9.90 Å². The van der Waals surface area contributed by atoms with Crippen LogP contribution in [-0.4, -0.2) is 27.1 Å². The molecule has 0 saturated carbocycles. The number of anilines is 1. The highest BCUT2D eigenvalue weighted by Gasteiger charge is 2.20. The van der Waals surface area contributed by atoms with Crippen molar-refractivity contribution in [1.82, 2.24) is 9.97 Å². The van der Waals surface area contributed by atoms with Crippen molar-refractivity contribution >= 4 is 34.3 Å². The maximum absolute atomic E-state index is 11.3. The number of fused-ring (bicyclic) bond motifs is 1. The smallest absolute Gasteiger partial charge is 0.326 e. The number of benzene rings is 1. The second-order valence-corrected chi connectivity index (χ2v) is 5.48. The molecular weight excluding hydrogens is 278 g/mol. The molecule has 0 amide bonds. The Hall–Kier alpha value is -1.88. The van der Waals surface area contributed by atoms with E-state index in [0.29, 0.717) is 22.8 Å². The maximum Gasteiger partial charge on any atom is 0.326 e. The molecule has 2 N–H and O–H groups in total. The Morgan fingerprint density at radius 3 is 2.80 bits per heavy atom. The van der Waals surface area contributed by atoms with Crippen LogP contribution in [0.3, 0.4) is 0 Å². The molecule has 1 unspecified atom stereocenters. The summed E-state index contributed by atoms with van der Waals surface area (Å²) in [5.41, 5.74) is 0.684. The molecule has 0 aliphatic carbocycles. The molecule has 0 saturated heterocycles. The van der Waals surface area contributed by atoms with Crippen LogP contribution in [0.4, 0.5) is 5.82 Å². The van der Waals surface area contributed by atoms with Crippen molar-refractivity contribution in [3.05, 3.63) is 29.5 Å². The van der Waals surface area contributed by atoms with E-state index in [2.05, 4.69) is 15.3 Å². The van der Waals surface area contributed by atoms with Crippen LogP contribution in [0.5, 0.6) is 0 Å². The molecule has 0 aliphatic rings. The van der Waals surface area contributed by atoms with Gasteiger partial charge in [-0.1, -0.05) is 25.4 Å². The number of hydrogen-bond donors (Lipinski definition) is 2. The summed E-state index contributed by atoms with van der Waals surface area (Å²) in [5, 5.41) is 13.6. The maximum atomic E-state index is 11.3. The monoisotopic (exact) mass is 293 g/mol. The van der Waals surface area contributed by atoms with Crippen LogP contribution < -0.4 is 5.32 Å². The number of nitrogens with one attached hydrogen (secondary N) is 1. The SMILES string of the molecule is CC(C)CC(Nc1ncnc2cc(Cl)ccc12)C(=O)O. The van der Waals surface area contributed by atoms with Crippen molar-refractivity contribution in [2.45, 2.75) is 26.3 Å². The van der Waals surface area contributed by atoms with Gasteiger partial charge in [-0.05, 0) is 30.5 Å². The number of carboxylic acid groups (broad SMARTS) is 1. The predicted octanol–water partition coefficient (Wildman–Crippen LogP) is 3.19. The average molecular weight is 294 g/mol. The molecule has 1 atom stereocenters. The van der Waals surface area contributed by atoms with Crippen LogP contribution in [0.25, 0.3) is 10.9 Å². The fourth-order valence-corrected chi connectivity index (χ4v) is 2.17. The Balaban J connectivity index is 2.34. The molecule has 1 aromatic carbocycles. The quantitative estimate of drug-likeness (QED) is 0.885. The molecule has 2 aromatic rings. The standard InChI is InChI=1S/C14H16ClN3O2/c1-8(2)5-12(14(19)20)18-13-10-4-3-9(15)6-11(10)16-7-17-13/h3-4,6-8,12H,5H2,1-2H3,(H,19,20)(H,16,17,18). The minimum atomic E-state index is -0.889. The van der Waals surface area contributed by atoms with Crippen molar-refractivity contribution in [3.8, 4) is 0 Å². The molecule has 0 bridgehead atoms. The third kappa shape index (κ3) is 3.36. The fraction of sp³-hybridized carbons (Fsp3) is 0.357. The second kappa shape index (κ2) is 6.05. The van der Waals surface area contributed by atoms with Crippen molar-refractivity contribution in [2.75, 3.05) is 5.32 Å². The first-order valence-corrected chi connectivity index (χ1v) is 6.74. The molecule has 0 fully saturated rings. The summed E-state index contributed by atoms with van der Waals surface area (Å²) < 4.78 is 0. The van der Waals surface area contributed by atoms with E-state index < -0.39 is 12.0 Å². The van der Waals surface area contributed by atoms with Gasteiger partial charge in [-0.2, -0.15) is 0 Å². The average Bonchev–Trinajstić information content (AvgIpc) is 2.37. The van der Waals surface area contributed by atoms with Gasteiger partial charge in [-0.3, -0.25) is 0 Å². The number of halogens is 1. The number of carbonyl (C=O) groups is 1. The van der Waals surface area contributed by atoms with E-state index in [1.165, 1.54) is 6.33 Å². The summed E-state index contributed by atoms with van der Waals surface area (Å²) in [6.45, 7) is 3.96. The Kier molecular flexibility index (Phi) is 4.39. The van der Waals surface area contributed by atoms with E-state index in [0.717, 1.165) is 5.39 Å². The van der Waals surface area contributed by atoms with Gasteiger partial charge in [0, 0.05) is 10.4 Å². The lowest BCUT2D eigenvalue weighted by Gasteiger charge is -2.17. The first-order valence-electron chi connectivity index (χ1n) is 6.37. The Bertz CT molecular complexity index is 631. The zero-order chi connectivity index (χ0) is 14.7. The number of carboxylic acids is 1. The summed E-state index contributed by atoms with van der Waals surface area (Å²) in [5.74, 6) is -0.106. The van der Waals surface area contributed by atoms with E-state index in [1.807, 2.05) is 13.8 Å². The van der Waals surface area contributed by atoms with Crippen LogP contribution in [0.1, 0.15) is 20.3 Å². The molecule has 0 spiro atoms. The summed E-state index contributed by atoms with van der Waals surface area (Å²) in [4.78, 5) is 19.6.